The molecule has 0 spiro atoms. The lowest BCUT2D eigenvalue weighted by Gasteiger charge is -2.40. The van der Waals surface area contributed by atoms with Crippen LogP contribution in [-0.2, 0) is 6.18 Å². The molecule has 5 rings (SSSR count). The maximum absolute atomic E-state index is 12.9. The molecule has 0 amide bonds. The summed E-state index contributed by atoms with van der Waals surface area (Å²) in [5, 5.41) is 1.41. The van der Waals surface area contributed by atoms with Crippen LogP contribution in [0.2, 0.25) is 0 Å². The third-order valence-electron chi connectivity index (χ3n) is 6.06. The molecule has 2 aromatic rings. The van der Waals surface area contributed by atoms with E-state index in [9.17, 15) is 18.0 Å². The number of halogens is 3. The molecule has 5 atom stereocenters. The minimum absolute atomic E-state index is 0.0442. The number of thioether (sulfide) groups is 1. The van der Waals surface area contributed by atoms with Gasteiger partial charge in [0.1, 0.15) is 0 Å². The van der Waals surface area contributed by atoms with E-state index in [1.807, 2.05) is 0 Å². The van der Waals surface area contributed by atoms with Crippen molar-refractivity contribution in [1.29, 1.82) is 0 Å². The Labute approximate surface area is 150 Å². The van der Waals surface area contributed by atoms with Crippen LogP contribution >= 0.6 is 23.1 Å². The van der Waals surface area contributed by atoms with Gasteiger partial charge in [-0.25, -0.2) is 0 Å². The third kappa shape index (κ3) is 2.42. The minimum Gasteiger partial charge on any atom is -0.307 e. The molecule has 5 unspecified atom stereocenters. The molecule has 2 saturated carbocycles. The van der Waals surface area contributed by atoms with E-state index in [4.69, 9.17) is 0 Å². The first-order valence-electron chi connectivity index (χ1n) is 8.48. The molecule has 1 aliphatic heterocycles. The first kappa shape index (κ1) is 16.0. The highest BCUT2D eigenvalue weighted by molar-refractivity contribution is 8.00. The smallest absolute Gasteiger partial charge is 0.307 e. The molecule has 25 heavy (non-hydrogen) atoms. The first-order chi connectivity index (χ1) is 11.9. The van der Waals surface area contributed by atoms with Gasteiger partial charge in [0, 0.05) is 16.0 Å². The van der Waals surface area contributed by atoms with Crippen molar-refractivity contribution in [2.45, 2.75) is 41.6 Å². The van der Waals surface area contributed by atoms with E-state index in [0.717, 1.165) is 15.5 Å². The lowest BCUT2D eigenvalue weighted by Crippen LogP contribution is -2.33. The van der Waals surface area contributed by atoms with Crippen LogP contribution in [0.25, 0.3) is 0 Å². The van der Waals surface area contributed by atoms with Crippen molar-refractivity contribution in [1.82, 2.24) is 4.98 Å². The highest BCUT2D eigenvalue weighted by Gasteiger charge is 2.54. The number of aromatic nitrogens is 1. The van der Waals surface area contributed by atoms with Gasteiger partial charge >= 0.3 is 11.0 Å². The van der Waals surface area contributed by atoms with Crippen LogP contribution in [0.15, 0.2) is 34.1 Å². The van der Waals surface area contributed by atoms with E-state index in [0.29, 0.717) is 23.0 Å². The Morgan fingerprint density at radius 1 is 1.08 bits per heavy atom. The average Bonchev–Trinajstić information content (AvgIpc) is 3.25. The normalized spacial score (nSPS) is 33.3. The Morgan fingerprint density at radius 2 is 1.80 bits per heavy atom. The van der Waals surface area contributed by atoms with E-state index >= 15 is 0 Å². The number of hydrogen-bond acceptors (Lipinski definition) is 3. The third-order valence-corrected chi connectivity index (χ3v) is 8.69. The van der Waals surface area contributed by atoms with Gasteiger partial charge in [-0.3, -0.25) is 4.79 Å². The standard InChI is InChI=1S/C18H16F3NOS2/c19-18(20,21)11-5-3-8(4-6-11)12-13-9-1-2-10(7-9)14(13)24-16-15(12)25-17(23)22-16/h3-6,9-10,12-14H,1-2,7H2,(H,22,23). The van der Waals surface area contributed by atoms with Gasteiger partial charge in [0.25, 0.3) is 0 Å². The SMILES string of the molecule is O=c1[nH]c2c(s1)C(c1ccc(C(F)(F)F)cc1)C1C3CCC(C3)C1S2. The van der Waals surface area contributed by atoms with Gasteiger partial charge in [-0.2, -0.15) is 13.2 Å². The van der Waals surface area contributed by atoms with Crippen LogP contribution < -0.4 is 4.87 Å². The van der Waals surface area contributed by atoms with Crippen LogP contribution in [0.5, 0.6) is 0 Å². The van der Waals surface area contributed by atoms with Crippen molar-refractivity contribution in [2.75, 3.05) is 0 Å². The lowest BCUT2D eigenvalue weighted by molar-refractivity contribution is -0.137. The second kappa shape index (κ2) is 5.39. The van der Waals surface area contributed by atoms with E-state index in [1.54, 1.807) is 23.9 Å². The van der Waals surface area contributed by atoms with Gasteiger partial charge in [0.2, 0.25) is 0 Å². The largest absolute Gasteiger partial charge is 0.416 e. The van der Waals surface area contributed by atoms with Crippen molar-refractivity contribution in [3.05, 3.63) is 49.9 Å². The van der Waals surface area contributed by atoms with Gasteiger partial charge in [-0.1, -0.05) is 23.5 Å². The van der Waals surface area contributed by atoms with Crippen molar-refractivity contribution < 1.29 is 13.2 Å². The van der Waals surface area contributed by atoms with Crippen LogP contribution in [0.3, 0.4) is 0 Å². The first-order valence-corrected chi connectivity index (χ1v) is 10.2. The maximum atomic E-state index is 12.9. The van der Waals surface area contributed by atoms with Crippen molar-refractivity contribution >= 4 is 23.1 Å². The second-order valence-electron chi connectivity index (χ2n) is 7.30. The summed E-state index contributed by atoms with van der Waals surface area (Å²) in [4.78, 5) is 15.8. The highest BCUT2D eigenvalue weighted by atomic mass is 32.2. The fourth-order valence-electron chi connectivity index (χ4n) is 5.10. The predicted molar refractivity (Wildman–Crippen MR) is 92.2 cm³/mol. The molecule has 2 fully saturated rings. The molecule has 3 aliphatic rings. The Hall–Kier alpha value is -1.21. The van der Waals surface area contributed by atoms with Crippen LogP contribution in [-0.4, -0.2) is 10.2 Å². The van der Waals surface area contributed by atoms with Crippen LogP contribution in [0.1, 0.15) is 41.2 Å². The summed E-state index contributed by atoms with van der Waals surface area (Å²) < 4.78 is 38.7. The zero-order valence-corrected chi connectivity index (χ0v) is 14.8. The second-order valence-corrected chi connectivity index (χ2v) is 9.50. The van der Waals surface area contributed by atoms with Gasteiger partial charge in [0.05, 0.1) is 10.6 Å². The minimum atomic E-state index is -4.32. The predicted octanol–water partition coefficient (Wildman–Crippen LogP) is 5.11. The highest BCUT2D eigenvalue weighted by Crippen LogP contribution is 2.63. The molecule has 0 radical (unpaired) electrons. The number of thiazole rings is 1. The van der Waals surface area contributed by atoms with Crippen LogP contribution in [0, 0.1) is 17.8 Å². The summed E-state index contributed by atoms with van der Waals surface area (Å²) in [6, 6.07) is 5.57. The van der Waals surface area contributed by atoms with E-state index in [2.05, 4.69) is 4.98 Å². The summed E-state index contributed by atoms with van der Waals surface area (Å²) in [6.45, 7) is 0. The summed E-state index contributed by atoms with van der Waals surface area (Å²) in [6.07, 6.45) is -0.654. The summed E-state index contributed by atoms with van der Waals surface area (Å²) in [5.41, 5.74) is 0.292. The van der Waals surface area contributed by atoms with E-state index in [-0.39, 0.29) is 10.8 Å². The molecule has 1 aromatic carbocycles. The number of rotatable bonds is 1. The lowest BCUT2D eigenvalue weighted by atomic mass is 9.75. The average molecular weight is 383 g/mol. The fraction of sp³-hybridized carbons (Fsp3) is 0.500. The summed E-state index contributed by atoms with van der Waals surface area (Å²) in [7, 11) is 0. The molecule has 0 saturated heterocycles. The zero-order valence-electron chi connectivity index (χ0n) is 13.2. The molecule has 2 heterocycles. The monoisotopic (exact) mass is 383 g/mol. The van der Waals surface area contributed by atoms with Crippen molar-refractivity contribution in [2.24, 2.45) is 17.8 Å². The number of fused-ring (bicyclic) bond motifs is 6. The van der Waals surface area contributed by atoms with E-state index < -0.39 is 11.7 Å². The Morgan fingerprint density at radius 3 is 2.52 bits per heavy atom. The topological polar surface area (TPSA) is 32.9 Å². The van der Waals surface area contributed by atoms with Crippen molar-refractivity contribution in [3.63, 3.8) is 0 Å². The van der Waals surface area contributed by atoms with Crippen LogP contribution in [0.4, 0.5) is 13.2 Å². The molecule has 7 heteroatoms. The zero-order chi connectivity index (χ0) is 17.3. The molecule has 1 N–H and O–H groups in total. The number of nitrogens with one attached hydrogen (secondary N) is 1. The van der Waals surface area contributed by atoms with Gasteiger partial charge in [0.15, 0.2) is 0 Å². The molecule has 1 aromatic heterocycles. The Bertz CT molecular complexity index is 870. The summed E-state index contributed by atoms with van der Waals surface area (Å²) >= 11 is 3.02. The molecular weight excluding hydrogens is 367 g/mol. The Balaban J connectivity index is 1.61. The molecular formula is C18H16F3NOS2. The number of benzene rings is 1. The Kier molecular flexibility index (Phi) is 3.45. The number of hydrogen-bond donors (Lipinski definition) is 1. The van der Waals surface area contributed by atoms with Crippen molar-refractivity contribution in [3.8, 4) is 0 Å². The number of aromatic amines is 1. The maximum Gasteiger partial charge on any atom is 0.416 e. The molecule has 2 nitrogen and oxygen atoms in total. The van der Waals surface area contributed by atoms with Gasteiger partial charge < -0.3 is 4.98 Å². The summed E-state index contributed by atoms with van der Waals surface area (Å²) in [5.74, 6) is 1.77. The van der Waals surface area contributed by atoms with E-state index in [1.165, 1.54) is 42.7 Å². The molecule has 2 bridgehead atoms. The quantitative estimate of drug-likeness (QED) is 0.742. The fourth-order valence-corrected chi connectivity index (χ4v) is 8.00. The number of alkyl halides is 3. The number of H-pyrrole nitrogens is 1. The molecule has 132 valence electrons. The van der Waals surface area contributed by atoms with Gasteiger partial charge in [-0.05, 0) is 54.7 Å². The van der Waals surface area contributed by atoms with Gasteiger partial charge in [-0.15, -0.1) is 11.8 Å². The molecule has 2 aliphatic carbocycles.